The Kier molecular flexibility index (Phi) is 6.58. The Morgan fingerprint density at radius 1 is 1.59 bits per heavy atom. The van der Waals surface area contributed by atoms with E-state index in [1.54, 1.807) is 28.8 Å². The van der Waals surface area contributed by atoms with Gasteiger partial charge in [0.05, 0.1) is 6.61 Å². The van der Waals surface area contributed by atoms with Gasteiger partial charge < -0.3 is 4.74 Å². The summed E-state index contributed by atoms with van der Waals surface area (Å²) < 4.78 is 34.1. The van der Waals surface area contributed by atoms with Crippen LogP contribution in [0.25, 0.3) is 0 Å². The molecule has 1 unspecified atom stereocenters. The third kappa shape index (κ3) is 4.39. The summed E-state index contributed by atoms with van der Waals surface area (Å²) in [6, 6.07) is 1.96. The van der Waals surface area contributed by atoms with Crippen molar-refractivity contribution in [2.45, 2.75) is 19.4 Å². The topological polar surface area (TPSA) is 49.9 Å². The van der Waals surface area contributed by atoms with Gasteiger partial charge in [-0.1, -0.05) is 6.08 Å². The zero-order chi connectivity index (χ0) is 16.0. The number of nitrogens with zero attached hydrogens (tertiary/aromatic N) is 2. The lowest BCUT2D eigenvalue weighted by molar-refractivity contribution is 0.116. The van der Waals surface area contributed by atoms with Gasteiger partial charge in [0.15, 0.2) is 0 Å². The minimum atomic E-state index is -3.47. The highest BCUT2D eigenvalue weighted by atomic mass is 32.2. The summed E-state index contributed by atoms with van der Waals surface area (Å²) >= 11 is 1.58. The zero-order valence-electron chi connectivity index (χ0n) is 13.0. The van der Waals surface area contributed by atoms with E-state index in [0.29, 0.717) is 32.8 Å². The van der Waals surface area contributed by atoms with Crippen molar-refractivity contribution < 1.29 is 13.2 Å². The Labute approximate surface area is 137 Å². The van der Waals surface area contributed by atoms with Gasteiger partial charge in [0, 0.05) is 33.3 Å². The van der Waals surface area contributed by atoms with E-state index < -0.39 is 10.2 Å². The summed E-state index contributed by atoms with van der Waals surface area (Å²) in [5, 5.41) is 3.94. The Morgan fingerprint density at radius 2 is 2.41 bits per heavy atom. The van der Waals surface area contributed by atoms with Crippen molar-refractivity contribution in [2.24, 2.45) is 5.92 Å². The molecule has 0 saturated carbocycles. The van der Waals surface area contributed by atoms with E-state index in [2.05, 4.69) is 6.58 Å². The number of hydrogen-bond acceptors (Lipinski definition) is 4. The van der Waals surface area contributed by atoms with Crippen molar-refractivity contribution in [3.8, 4) is 0 Å². The summed E-state index contributed by atoms with van der Waals surface area (Å²) in [5.74, 6) is 0.278. The number of piperidine rings is 1. The molecule has 0 aliphatic carbocycles. The number of hydrogen-bond donors (Lipinski definition) is 0. The van der Waals surface area contributed by atoms with Crippen molar-refractivity contribution in [1.29, 1.82) is 0 Å². The monoisotopic (exact) mass is 344 g/mol. The molecule has 1 aliphatic heterocycles. The fraction of sp³-hybridized carbons (Fsp3) is 0.600. The largest absolute Gasteiger partial charge is 0.384 e. The van der Waals surface area contributed by atoms with E-state index in [-0.39, 0.29) is 5.92 Å². The maximum absolute atomic E-state index is 12.9. The molecule has 22 heavy (non-hydrogen) atoms. The molecule has 0 N–H and O–H groups in total. The van der Waals surface area contributed by atoms with Gasteiger partial charge in [-0.25, -0.2) is 0 Å². The van der Waals surface area contributed by atoms with Gasteiger partial charge in [0.25, 0.3) is 10.2 Å². The third-order valence-corrected chi connectivity index (χ3v) is 6.46. The molecule has 0 spiro atoms. The molecule has 1 aromatic rings. The first kappa shape index (κ1) is 17.6. The van der Waals surface area contributed by atoms with Gasteiger partial charge in [-0.3, -0.25) is 0 Å². The molecule has 2 rings (SSSR count). The number of methoxy groups -OCH3 is 1. The number of rotatable bonds is 8. The van der Waals surface area contributed by atoms with Crippen LogP contribution in [0, 0.1) is 5.92 Å². The summed E-state index contributed by atoms with van der Waals surface area (Å²) in [4.78, 5) is 0. The highest BCUT2D eigenvalue weighted by molar-refractivity contribution is 7.86. The first-order valence-electron chi connectivity index (χ1n) is 7.44. The summed E-state index contributed by atoms with van der Waals surface area (Å²) in [7, 11) is -1.81. The van der Waals surface area contributed by atoms with Crippen LogP contribution in [0.15, 0.2) is 29.5 Å². The average Bonchev–Trinajstić information content (AvgIpc) is 3.00. The van der Waals surface area contributed by atoms with Crippen LogP contribution in [-0.2, 0) is 21.5 Å². The van der Waals surface area contributed by atoms with Crippen LogP contribution in [0.2, 0.25) is 0 Å². The Morgan fingerprint density at radius 3 is 3.05 bits per heavy atom. The van der Waals surface area contributed by atoms with Crippen LogP contribution < -0.4 is 0 Å². The smallest absolute Gasteiger partial charge is 0.282 e. The van der Waals surface area contributed by atoms with E-state index in [1.807, 2.05) is 16.8 Å². The molecule has 1 aliphatic rings. The van der Waals surface area contributed by atoms with Gasteiger partial charge in [-0.05, 0) is 41.1 Å². The molecule has 124 valence electrons. The van der Waals surface area contributed by atoms with Crippen molar-refractivity contribution in [3.63, 3.8) is 0 Å². The predicted octanol–water partition coefficient (Wildman–Crippen LogP) is 2.34. The van der Waals surface area contributed by atoms with Gasteiger partial charge in [-0.2, -0.15) is 28.4 Å². The highest BCUT2D eigenvalue weighted by Crippen LogP contribution is 2.23. The predicted molar refractivity (Wildman–Crippen MR) is 90.0 cm³/mol. The minimum Gasteiger partial charge on any atom is -0.384 e. The maximum Gasteiger partial charge on any atom is 0.282 e. The van der Waals surface area contributed by atoms with E-state index in [1.165, 1.54) is 4.31 Å². The SMILES string of the molecule is C=CCN(Cc1ccsc1)S(=O)(=O)N1CCCC(COC)C1. The molecule has 0 amide bonds. The van der Waals surface area contributed by atoms with Gasteiger partial charge in [0.2, 0.25) is 0 Å². The van der Waals surface area contributed by atoms with Crippen molar-refractivity contribution in [3.05, 3.63) is 35.0 Å². The molecule has 1 aromatic heterocycles. The zero-order valence-corrected chi connectivity index (χ0v) is 14.6. The van der Waals surface area contributed by atoms with Crippen LogP contribution in [-0.4, -0.2) is 50.4 Å². The molecule has 7 heteroatoms. The number of ether oxygens (including phenoxy) is 1. The van der Waals surface area contributed by atoms with E-state index in [4.69, 9.17) is 4.74 Å². The quantitative estimate of drug-likeness (QED) is 0.680. The lowest BCUT2D eigenvalue weighted by Gasteiger charge is -2.35. The molecule has 1 fully saturated rings. The fourth-order valence-electron chi connectivity index (χ4n) is 2.74. The Balaban J connectivity index is 2.11. The van der Waals surface area contributed by atoms with Gasteiger partial charge >= 0.3 is 0 Å². The van der Waals surface area contributed by atoms with E-state index in [0.717, 1.165) is 18.4 Å². The molecule has 1 atom stereocenters. The fourth-order valence-corrected chi connectivity index (χ4v) is 5.09. The van der Waals surface area contributed by atoms with Crippen molar-refractivity contribution >= 4 is 21.5 Å². The second-order valence-electron chi connectivity index (χ2n) is 5.54. The van der Waals surface area contributed by atoms with Crippen LogP contribution in [0.5, 0.6) is 0 Å². The standard InChI is InChI=1S/C15H24N2O3S2/c1-3-7-16(11-15-6-9-21-13-15)22(18,19)17-8-4-5-14(10-17)12-20-2/h3,6,9,13-14H,1,4-5,7-8,10-12H2,2H3. The van der Waals surface area contributed by atoms with Crippen LogP contribution >= 0.6 is 11.3 Å². The van der Waals surface area contributed by atoms with Gasteiger partial charge in [0.1, 0.15) is 0 Å². The maximum atomic E-state index is 12.9. The normalized spacial score (nSPS) is 20.4. The minimum absolute atomic E-state index is 0.278. The first-order chi connectivity index (χ1) is 10.6. The summed E-state index contributed by atoms with van der Waals surface area (Å²) in [6.07, 6.45) is 3.54. The lowest BCUT2D eigenvalue weighted by atomic mass is 10.0. The summed E-state index contributed by atoms with van der Waals surface area (Å²) in [6.45, 7) is 6.13. The molecular weight excluding hydrogens is 320 g/mol. The molecular formula is C15H24N2O3S2. The average molecular weight is 345 g/mol. The van der Waals surface area contributed by atoms with E-state index >= 15 is 0 Å². The van der Waals surface area contributed by atoms with Crippen molar-refractivity contribution in [1.82, 2.24) is 8.61 Å². The molecule has 0 bridgehead atoms. The van der Waals surface area contributed by atoms with Crippen LogP contribution in [0.1, 0.15) is 18.4 Å². The second-order valence-corrected chi connectivity index (χ2v) is 8.25. The third-order valence-electron chi connectivity index (χ3n) is 3.81. The summed E-state index contributed by atoms with van der Waals surface area (Å²) in [5.41, 5.74) is 1.01. The molecule has 2 heterocycles. The van der Waals surface area contributed by atoms with Crippen LogP contribution in [0.4, 0.5) is 0 Å². The van der Waals surface area contributed by atoms with E-state index in [9.17, 15) is 8.42 Å². The first-order valence-corrected chi connectivity index (χ1v) is 9.78. The molecule has 5 nitrogen and oxygen atoms in total. The molecule has 0 radical (unpaired) electrons. The molecule has 1 saturated heterocycles. The Bertz CT molecular complexity index is 555. The number of thiophene rings is 1. The van der Waals surface area contributed by atoms with Crippen LogP contribution in [0.3, 0.4) is 0 Å². The van der Waals surface area contributed by atoms with Crippen molar-refractivity contribution in [2.75, 3.05) is 33.4 Å². The van der Waals surface area contributed by atoms with Gasteiger partial charge in [-0.15, -0.1) is 6.58 Å². The molecule has 0 aromatic carbocycles. The lowest BCUT2D eigenvalue weighted by Crippen LogP contribution is -2.48. The highest BCUT2D eigenvalue weighted by Gasteiger charge is 2.33. The second kappa shape index (κ2) is 8.21. The Hall–Kier alpha value is -0.730.